The quantitative estimate of drug-likeness (QED) is 0.746. The summed E-state index contributed by atoms with van der Waals surface area (Å²) in [5, 5.41) is 3.47. The van der Waals surface area contributed by atoms with E-state index in [-0.39, 0.29) is 5.97 Å². The number of esters is 1. The number of ether oxygens (including phenoxy) is 2. The summed E-state index contributed by atoms with van der Waals surface area (Å²) in [7, 11) is 1.44. The molecule has 0 heterocycles. The first-order valence-corrected chi connectivity index (χ1v) is 7.74. The summed E-state index contributed by atoms with van der Waals surface area (Å²) in [6.07, 6.45) is 4.70. The van der Waals surface area contributed by atoms with Crippen LogP contribution in [0, 0.1) is 5.92 Å². The average molecular weight is 289 g/mol. The third-order valence-electron chi connectivity index (χ3n) is 4.20. The predicted molar refractivity (Wildman–Crippen MR) is 79.8 cm³/mol. The highest BCUT2D eigenvalue weighted by Crippen LogP contribution is 2.32. The van der Waals surface area contributed by atoms with Crippen molar-refractivity contribution in [1.29, 1.82) is 0 Å². The lowest BCUT2D eigenvalue weighted by Gasteiger charge is -2.32. The van der Waals surface area contributed by atoms with Gasteiger partial charge in [-0.15, -0.1) is 0 Å². The minimum Gasteiger partial charge on any atom is -0.467 e. The number of hydrogen-bond acceptors (Lipinski definition) is 4. The van der Waals surface area contributed by atoms with Crippen LogP contribution in [0.15, 0.2) is 30.3 Å². The monoisotopic (exact) mass is 289 g/mol. The minimum absolute atomic E-state index is 0.267. The second-order valence-corrected chi connectivity index (χ2v) is 6.14. The molecule has 2 aliphatic carbocycles. The topological polar surface area (TPSA) is 47.6 Å². The highest BCUT2D eigenvalue weighted by molar-refractivity contribution is 5.83. The fourth-order valence-electron chi connectivity index (χ4n) is 2.58. The van der Waals surface area contributed by atoms with Crippen molar-refractivity contribution in [3.05, 3.63) is 35.9 Å². The Labute approximate surface area is 125 Å². The van der Waals surface area contributed by atoms with Gasteiger partial charge in [-0.1, -0.05) is 30.3 Å². The Hall–Kier alpha value is -1.39. The number of benzene rings is 1. The molecule has 1 N–H and O–H groups in total. The maximum absolute atomic E-state index is 12.5. The predicted octanol–water partition coefficient (Wildman–Crippen LogP) is 2.23. The maximum atomic E-state index is 12.5. The highest BCUT2D eigenvalue weighted by Gasteiger charge is 2.45. The van der Waals surface area contributed by atoms with Crippen molar-refractivity contribution in [2.45, 2.75) is 37.3 Å². The van der Waals surface area contributed by atoms with Crippen LogP contribution in [0.5, 0.6) is 0 Å². The van der Waals surface area contributed by atoms with Gasteiger partial charge in [0, 0.05) is 12.6 Å². The lowest BCUT2D eigenvalue weighted by molar-refractivity contribution is -0.152. The normalized spacial score (nSPS) is 20.8. The molecule has 1 unspecified atom stereocenters. The molecule has 1 aromatic rings. The molecule has 0 aromatic heterocycles. The smallest absolute Gasteiger partial charge is 0.333 e. The van der Waals surface area contributed by atoms with E-state index < -0.39 is 5.54 Å². The highest BCUT2D eigenvalue weighted by atomic mass is 16.5. The third kappa shape index (κ3) is 3.44. The largest absolute Gasteiger partial charge is 0.467 e. The Kier molecular flexibility index (Phi) is 4.27. The van der Waals surface area contributed by atoms with Gasteiger partial charge in [0.2, 0.25) is 0 Å². The molecule has 2 aliphatic rings. The summed E-state index contributed by atoms with van der Waals surface area (Å²) in [4.78, 5) is 12.5. The van der Waals surface area contributed by atoms with Crippen LogP contribution in [0.25, 0.3) is 0 Å². The number of carbonyl (C=O) groups excluding carboxylic acids is 1. The van der Waals surface area contributed by atoms with Crippen molar-refractivity contribution >= 4 is 5.97 Å². The summed E-state index contributed by atoms with van der Waals surface area (Å²) in [6, 6.07) is 10.2. The first-order chi connectivity index (χ1) is 10.2. The molecular weight excluding hydrogens is 266 g/mol. The van der Waals surface area contributed by atoms with E-state index in [0.29, 0.717) is 18.6 Å². The Balaban J connectivity index is 1.82. The zero-order valence-corrected chi connectivity index (χ0v) is 12.5. The van der Waals surface area contributed by atoms with Gasteiger partial charge in [0.15, 0.2) is 5.54 Å². The Morgan fingerprint density at radius 3 is 2.52 bits per heavy atom. The van der Waals surface area contributed by atoms with Crippen LogP contribution < -0.4 is 5.32 Å². The molecule has 1 atom stereocenters. The van der Waals surface area contributed by atoms with E-state index in [1.54, 1.807) is 0 Å². The zero-order valence-electron chi connectivity index (χ0n) is 12.5. The van der Waals surface area contributed by atoms with Gasteiger partial charge in [-0.25, -0.2) is 4.79 Å². The van der Waals surface area contributed by atoms with Gasteiger partial charge in [0.25, 0.3) is 0 Å². The fourth-order valence-corrected chi connectivity index (χ4v) is 2.58. The molecule has 1 aromatic carbocycles. The number of rotatable bonds is 8. The maximum Gasteiger partial charge on any atom is 0.333 e. The number of hydrogen-bond donors (Lipinski definition) is 1. The second-order valence-electron chi connectivity index (χ2n) is 6.14. The van der Waals surface area contributed by atoms with Gasteiger partial charge >= 0.3 is 5.97 Å². The van der Waals surface area contributed by atoms with Crippen molar-refractivity contribution < 1.29 is 14.3 Å². The SMILES string of the molecule is COC(=O)C(COCC1CC1)(NC1CC1)c1ccccc1. The average Bonchev–Trinajstić information content (AvgIpc) is 3.41. The number of methoxy groups -OCH3 is 1. The van der Waals surface area contributed by atoms with Gasteiger partial charge in [0.1, 0.15) is 0 Å². The lowest BCUT2D eigenvalue weighted by Crippen LogP contribution is -2.54. The number of nitrogens with one attached hydrogen (secondary N) is 1. The molecule has 0 radical (unpaired) electrons. The molecule has 4 nitrogen and oxygen atoms in total. The van der Waals surface area contributed by atoms with Crippen molar-refractivity contribution in [2.75, 3.05) is 20.3 Å². The second kappa shape index (κ2) is 6.16. The van der Waals surface area contributed by atoms with E-state index in [1.165, 1.54) is 20.0 Å². The standard InChI is InChI=1S/C17H23NO3/c1-20-16(19)17(18-15-9-10-15,12-21-11-13-7-8-13)14-5-3-2-4-6-14/h2-6,13,15,18H,7-12H2,1H3. The zero-order chi connectivity index (χ0) is 14.7. The van der Waals surface area contributed by atoms with E-state index >= 15 is 0 Å². The molecule has 0 saturated heterocycles. The molecule has 2 saturated carbocycles. The van der Waals surface area contributed by atoms with Crippen molar-refractivity contribution in [3.8, 4) is 0 Å². The van der Waals surface area contributed by atoms with Gasteiger partial charge in [-0.3, -0.25) is 5.32 Å². The molecule has 114 valence electrons. The molecule has 3 rings (SSSR count). The first-order valence-electron chi connectivity index (χ1n) is 7.74. The van der Waals surface area contributed by atoms with Crippen molar-refractivity contribution in [2.24, 2.45) is 5.92 Å². The summed E-state index contributed by atoms with van der Waals surface area (Å²) in [6.45, 7) is 1.06. The van der Waals surface area contributed by atoms with Crippen LogP contribution in [0.4, 0.5) is 0 Å². The Bertz CT molecular complexity index is 482. The van der Waals surface area contributed by atoms with Gasteiger partial charge in [0.05, 0.1) is 13.7 Å². The third-order valence-corrected chi connectivity index (χ3v) is 4.20. The molecule has 0 bridgehead atoms. The number of carbonyl (C=O) groups is 1. The van der Waals surface area contributed by atoms with Crippen LogP contribution in [0.3, 0.4) is 0 Å². The van der Waals surface area contributed by atoms with Gasteiger partial charge in [-0.05, 0) is 37.2 Å². The van der Waals surface area contributed by atoms with E-state index in [4.69, 9.17) is 9.47 Å². The van der Waals surface area contributed by atoms with Crippen LogP contribution in [0.2, 0.25) is 0 Å². The first kappa shape index (κ1) is 14.5. The van der Waals surface area contributed by atoms with E-state index in [2.05, 4.69) is 5.32 Å². The van der Waals surface area contributed by atoms with Gasteiger partial charge in [-0.2, -0.15) is 0 Å². The van der Waals surface area contributed by atoms with Crippen LogP contribution >= 0.6 is 0 Å². The summed E-state index contributed by atoms with van der Waals surface area (Å²) < 4.78 is 11.0. The minimum atomic E-state index is -0.883. The van der Waals surface area contributed by atoms with Crippen molar-refractivity contribution in [3.63, 3.8) is 0 Å². The van der Waals surface area contributed by atoms with E-state index in [9.17, 15) is 4.79 Å². The fraction of sp³-hybridized carbons (Fsp3) is 0.588. The van der Waals surface area contributed by atoms with Crippen LogP contribution in [0.1, 0.15) is 31.2 Å². The van der Waals surface area contributed by atoms with Crippen LogP contribution in [-0.4, -0.2) is 32.3 Å². The molecule has 0 amide bonds. The molecule has 21 heavy (non-hydrogen) atoms. The summed E-state index contributed by atoms with van der Waals surface area (Å²) in [5.41, 5.74) is 0.0334. The molecule has 2 fully saturated rings. The van der Waals surface area contributed by atoms with Crippen LogP contribution in [-0.2, 0) is 19.8 Å². The molecule has 4 heteroatoms. The summed E-state index contributed by atoms with van der Waals surface area (Å²) in [5.74, 6) is 0.411. The van der Waals surface area contributed by atoms with E-state index in [1.807, 2.05) is 30.3 Å². The lowest BCUT2D eigenvalue weighted by atomic mass is 9.90. The Morgan fingerprint density at radius 2 is 1.95 bits per heavy atom. The molecule has 0 aliphatic heterocycles. The summed E-state index contributed by atoms with van der Waals surface area (Å²) >= 11 is 0. The van der Waals surface area contributed by atoms with Crippen molar-refractivity contribution in [1.82, 2.24) is 5.32 Å². The molecular formula is C17H23NO3. The van der Waals surface area contributed by atoms with E-state index in [0.717, 1.165) is 25.0 Å². The van der Waals surface area contributed by atoms with Gasteiger partial charge < -0.3 is 9.47 Å². The molecule has 0 spiro atoms. The Morgan fingerprint density at radius 1 is 1.24 bits per heavy atom.